The first-order valence-corrected chi connectivity index (χ1v) is 11.1. The number of rotatable bonds is 10. The van der Waals surface area contributed by atoms with Gasteiger partial charge in [0, 0.05) is 11.5 Å². The van der Waals surface area contributed by atoms with Crippen molar-refractivity contribution in [2.75, 3.05) is 0 Å². The maximum Gasteiger partial charge on any atom is 0.428 e. The molecule has 0 spiro atoms. The van der Waals surface area contributed by atoms with E-state index in [4.69, 9.17) is 13.4 Å². The second kappa shape index (κ2) is 10.9. The molecule has 0 saturated heterocycles. The first-order valence-electron chi connectivity index (χ1n) is 9.04. The first-order chi connectivity index (χ1) is 14.9. The summed E-state index contributed by atoms with van der Waals surface area (Å²) in [4.78, 5) is 9.29. The number of hydrogen-bond donors (Lipinski definition) is 0. The van der Waals surface area contributed by atoms with Gasteiger partial charge in [0.1, 0.15) is 5.75 Å². The SMILES string of the molecule is C/C(=N/S(=O)(=O)Oc1ccccc1)C1=NC(/C(C)=N/SOOOc2ccccc2)=CC1. The Morgan fingerprint density at radius 1 is 0.968 bits per heavy atom. The van der Waals surface area contributed by atoms with Gasteiger partial charge in [0.2, 0.25) is 0 Å². The Hall–Kier alpha value is -2.99. The number of benzene rings is 2. The molecule has 1 aliphatic heterocycles. The van der Waals surface area contributed by atoms with Crippen molar-refractivity contribution in [2.24, 2.45) is 13.8 Å². The molecule has 0 amide bonds. The number of allylic oxidation sites excluding steroid dienone is 2. The molecule has 162 valence electrons. The third kappa shape index (κ3) is 7.33. The molecule has 9 nitrogen and oxygen atoms in total. The molecule has 0 bridgehead atoms. The van der Waals surface area contributed by atoms with Crippen molar-refractivity contribution in [1.29, 1.82) is 0 Å². The second-order valence-corrected chi connectivity index (χ2v) is 7.81. The number of hydrogen-bond acceptors (Lipinski definition) is 9. The van der Waals surface area contributed by atoms with Crippen LogP contribution >= 0.6 is 12.2 Å². The monoisotopic (exact) mass is 461 g/mol. The predicted octanol–water partition coefficient (Wildman–Crippen LogP) is 4.47. The van der Waals surface area contributed by atoms with E-state index in [1.54, 1.807) is 62.4 Å². The van der Waals surface area contributed by atoms with Crippen molar-refractivity contribution >= 4 is 39.7 Å². The Balaban J connectivity index is 1.52. The molecule has 0 atom stereocenters. The van der Waals surface area contributed by atoms with E-state index in [1.807, 2.05) is 6.07 Å². The van der Waals surface area contributed by atoms with Gasteiger partial charge >= 0.3 is 10.3 Å². The lowest BCUT2D eigenvalue weighted by atomic mass is 10.2. The standard InChI is InChI=1S/C20H19N3O6S2/c1-15(22-30-29-28-26-17-9-5-3-6-10-17)19-13-14-20(21-19)16(2)23-31(24,25)27-18-11-7-4-8-12-18/h3-13H,14H2,1-2H3/b22-15+,23-16-. The van der Waals surface area contributed by atoms with E-state index in [0.717, 1.165) is 0 Å². The minimum atomic E-state index is -4.15. The third-order valence-corrected chi connectivity index (χ3v) is 5.20. The molecule has 2 aromatic carbocycles. The highest BCUT2D eigenvalue weighted by Crippen LogP contribution is 2.18. The Morgan fingerprint density at radius 3 is 2.29 bits per heavy atom. The summed E-state index contributed by atoms with van der Waals surface area (Å²) < 4.78 is 41.8. The van der Waals surface area contributed by atoms with Gasteiger partial charge in [-0.1, -0.05) is 46.8 Å². The number of para-hydroxylation sites is 2. The van der Waals surface area contributed by atoms with Crippen LogP contribution in [0.2, 0.25) is 0 Å². The van der Waals surface area contributed by atoms with Crippen molar-refractivity contribution in [1.82, 2.24) is 0 Å². The minimum Gasteiger partial charge on any atom is -0.366 e. The van der Waals surface area contributed by atoms with Crippen LogP contribution in [0.5, 0.6) is 11.5 Å². The molecule has 31 heavy (non-hydrogen) atoms. The van der Waals surface area contributed by atoms with Crippen LogP contribution in [0.25, 0.3) is 0 Å². The number of nitrogens with zero attached hydrogens (tertiary/aromatic N) is 3. The van der Waals surface area contributed by atoms with Crippen LogP contribution in [0.3, 0.4) is 0 Å². The molecule has 0 saturated carbocycles. The zero-order valence-electron chi connectivity index (χ0n) is 16.7. The van der Waals surface area contributed by atoms with Gasteiger partial charge < -0.3 is 9.07 Å². The van der Waals surface area contributed by atoms with E-state index in [0.29, 0.717) is 41.5 Å². The van der Waals surface area contributed by atoms with Crippen LogP contribution in [0.4, 0.5) is 0 Å². The van der Waals surface area contributed by atoms with Crippen molar-refractivity contribution < 1.29 is 26.9 Å². The smallest absolute Gasteiger partial charge is 0.366 e. The van der Waals surface area contributed by atoms with Crippen LogP contribution in [0, 0.1) is 0 Å². The van der Waals surface area contributed by atoms with Crippen molar-refractivity contribution in [3.63, 3.8) is 0 Å². The Bertz CT molecular complexity index is 1110. The summed E-state index contributed by atoms with van der Waals surface area (Å²) in [6.45, 7) is 3.29. The van der Waals surface area contributed by atoms with E-state index in [-0.39, 0.29) is 11.5 Å². The minimum absolute atomic E-state index is 0.185. The summed E-state index contributed by atoms with van der Waals surface area (Å²) in [7, 11) is -4.15. The van der Waals surface area contributed by atoms with Crippen LogP contribution in [0.15, 0.2) is 86.2 Å². The summed E-state index contributed by atoms with van der Waals surface area (Å²) in [6, 6.07) is 17.0. The van der Waals surface area contributed by atoms with Crippen LogP contribution in [-0.2, 0) is 19.7 Å². The van der Waals surface area contributed by atoms with E-state index in [1.165, 1.54) is 12.1 Å². The Kier molecular flexibility index (Phi) is 7.95. The van der Waals surface area contributed by atoms with Gasteiger partial charge in [-0.3, -0.25) is 0 Å². The summed E-state index contributed by atoms with van der Waals surface area (Å²) in [5, 5.41) is 4.60. The highest BCUT2D eigenvalue weighted by atomic mass is 32.2. The molecular formula is C20H19N3O6S2. The molecular weight excluding hydrogens is 442 g/mol. The lowest BCUT2D eigenvalue weighted by Gasteiger charge is -2.04. The maximum absolute atomic E-state index is 12.1. The van der Waals surface area contributed by atoms with Crippen LogP contribution < -0.4 is 9.07 Å². The maximum atomic E-state index is 12.1. The zero-order chi connectivity index (χ0) is 22.1. The van der Waals surface area contributed by atoms with Crippen LogP contribution in [-0.4, -0.2) is 25.6 Å². The second-order valence-electron chi connectivity index (χ2n) is 6.14. The largest absolute Gasteiger partial charge is 0.428 e. The summed E-state index contributed by atoms with van der Waals surface area (Å²) >= 11 is 0.673. The fourth-order valence-electron chi connectivity index (χ4n) is 2.38. The summed E-state index contributed by atoms with van der Waals surface area (Å²) in [5.41, 5.74) is 1.86. The average molecular weight is 462 g/mol. The fraction of sp³-hybridized carbons (Fsp3) is 0.150. The van der Waals surface area contributed by atoms with Gasteiger partial charge in [-0.2, -0.15) is 12.8 Å². The predicted molar refractivity (Wildman–Crippen MR) is 119 cm³/mol. The van der Waals surface area contributed by atoms with E-state index in [2.05, 4.69) is 18.8 Å². The highest BCUT2D eigenvalue weighted by molar-refractivity contribution is 7.93. The van der Waals surface area contributed by atoms with Gasteiger partial charge in [-0.05, 0) is 38.1 Å². The van der Waals surface area contributed by atoms with Gasteiger partial charge in [0.25, 0.3) is 0 Å². The first kappa shape index (κ1) is 22.7. The third-order valence-electron chi connectivity index (χ3n) is 3.83. The Labute approximate surface area is 184 Å². The molecule has 0 fully saturated rings. The van der Waals surface area contributed by atoms with Gasteiger partial charge in [-0.25, -0.2) is 4.99 Å². The molecule has 11 heteroatoms. The molecule has 3 rings (SSSR count). The van der Waals surface area contributed by atoms with Crippen molar-refractivity contribution in [3.05, 3.63) is 72.4 Å². The van der Waals surface area contributed by atoms with E-state index < -0.39 is 10.3 Å². The molecule has 0 unspecified atom stereocenters. The summed E-state index contributed by atoms with van der Waals surface area (Å²) in [6.07, 6.45) is 2.22. The van der Waals surface area contributed by atoms with Crippen LogP contribution in [0.1, 0.15) is 20.3 Å². The summed E-state index contributed by atoms with van der Waals surface area (Å²) in [5.74, 6) is 0.669. The highest BCUT2D eigenvalue weighted by Gasteiger charge is 2.18. The van der Waals surface area contributed by atoms with Crippen molar-refractivity contribution in [2.45, 2.75) is 20.3 Å². The van der Waals surface area contributed by atoms with Crippen molar-refractivity contribution in [3.8, 4) is 11.5 Å². The molecule has 0 N–H and O–H groups in total. The molecule has 1 heterocycles. The normalized spacial score (nSPS) is 14.8. The fourth-order valence-corrected chi connectivity index (χ4v) is 3.50. The van der Waals surface area contributed by atoms with E-state index in [9.17, 15) is 8.42 Å². The molecule has 0 radical (unpaired) electrons. The van der Waals surface area contributed by atoms with Gasteiger partial charge in [0.05, 0.1) is 22.8 Å². The topological polar surface area (TPSA) is 108 Å². The molecule has 0 aromatic heterocycles. The molecule has 2 aromatic rings. The van der Waals surface area contributed by atoms with Gasteiger partial charge in [0.15, 0.2) is 18.0 Å². The average Bonchev–Trinajstić information content (AvgIpc) is 3.25. The van der Waals surface area contributed by atoms with E-state index >= 15 is 0 Å². The number of aliphatic imine (C=N–C) groups is 1. The Morgan fingerprint density at radius 2 is 1.61 bits per heavy atom. The quantitative estimate of drug-likeness (QED) is 0.128. The molecule has 1 aliphatic rings. The lowest BCUT2D eigenvalue weighted by molar-refractivity contribution is -0.403. The zero-order valence-corrected chi connectivity index (χ0v) is 18.3. The van der Waals surface area contributed by atoms with Gasteiger partial charge in [-0.15, -0.1) is 4.40 Å². The molecule has 0 aliphatic carbocycles. The lowest BCUT2D eigenvalue weighted by Crippen LogP contribution is -2.14.